The standard InChI is InChI=1S/C14H11ClF3N/c1-19-14(8-2-5-12(17)11(15)6-8)10-4-3-9(16)7-13(10)18/h2-7,14,19H,1H3. The lowest BCUT2D eigenvalue weighted by atomic mass is 9.98. The van der Waals surface area contributed by atoms with Gasteiger partial charge in [0.2, 0.25) is 0 Å². The molecule has 0 bridgehead atoms. The van der Waals surface area contributed by atoms with E-state index in [9.17, 15) is 13.2 Å². The second kappa shape index (κ2) is 5.63. The first-order valence-electron chi connectivity index (χ1n) is 5.60. The van der Waals surface area contributed by atoms with E-state index in [-0.39, 0.29) is 10.6 Å². The predicted molar refractivity (Wildman–Crippen MR) is 68.7 cm³/mol. The third-order valence-corrected chi connectivity index (χ3v) is 3.13. The van der Waals surface area contributed by atoms with Gasteiger partial charge in [-0.3, -0.25) is 0 Å². The molecule has 0 saturated carbocycles. The van der Waals surface area contributed by atoms with Crippen molar-refractivity contribution in [1.82, 2.24) is 5.32 Å². The molecule has 2 rings (SSSR count). The minimum absolute atomic E-state index is 0.0414. The van der Waals surface area contributed by atoms with Crippen LogP contribution in [0.4, 0.5) is 13.2 Å². The molecule has 19 heavy (non-hydrogen) atoms. The number of rotatable bonds is 3. The monoisotopic (exact) mass is 285 g/mol. The summed E-state index contributed by atoms with van der Waals surface area (Å²) in [5.41, 5.74) is 0.867. The van der Waals surface area contributed by atoms with Crippen molar-refractivity contribution >= 4 is 11.6 Å². The van der Waals surface area contributed by atoms with Crippen LogP contribution in [0, 0.1) is 17.5 Å². The zero-order valence-corrected chi connectivity index (χ0v) is 10.8. The summed E-state index contributed by atoms with van der Waals surface area (Å²) in [6.45, 7) is 0. The van der Waals surface area contributed by atoms with Crippen LogP contribution >= 0.6 is 11.6 Å². The fourth-order valence-electron chi connectivity index (χ4n) is 1.93. The molecule has 0 saturated heterocycles. The Bertz CT molecular complexity index is 601. The molecule has 2 aromatic carbocycles. The Balaban J connectivity index is 2.46. The number of hydrogen-bond donors (Lipinski definition) is 1. The van der Waals surface area contributed by atoms with Gasteiger partial charge >= 0.3 is 0 Å². The molecule has 0 heterocycles. The molecule has 100 valence electrons. The minimum Gasteiger partial charge on any atom is -0.309 e. The first-order chi connectivity index (χ1) is 9.02. The lowest BCUT2D eigenvalue weighted by molar-refractivity contribution is 0.551. The van der Waals surface area contributed by atoms with Crippen molar-refractivity contribution in [3.05, 3.63) is 70.0 Å². The maximum absolute atomic E-state index is 13.8. The van der Waals surface area contributed by atoms with Crippen LogP contribution in [0.15, 0.2) is 36.4 Å². The van der Waals surface area contributed by atoms with Crippen LogP contribution in [0.25, 0.3) is 0 Å². The quantitative estimate of drug-likeness (QED) is 0.896. The van der Waals surface area contributed by atoms with E-state index < -0.39 is 23.5 Å². The van der Waals surface area contributed by atoms with Crippen LogP contribution in [0.3, 0.4) is 0 Å². The van der Waals surface area contributed by atoms with E-state index in [0.29, 0.717) is 5.56 Å². The summed E-state index contributed by atoms with van der Waals surface area (Å²) in [6.07, 6.45) is 0. The molecular formula is C14H11ClF3N. The molecule has 0 aliphatic rings. The topological polar surface area (TPSA) is 12.0 Å². The van der Waals surface area contributed by atoms with Crippen LogP contribution in [0.2, 0.25) is 5.02 Å². The Morgan fingerprint density at radius 2 is 1.74 bits per heavy atom. The van der Waals surface area contributed by atoms with Crippen LogP contribution < -0.4 is 5.32 Å². The molecule has 0 aliphatic heterocycles. The maximum Gasteiger partial charge on any atom is 0.141 e. The molecule has 0 radical (unpaired) electrons. The van der Waals surface area contributed by atoms with Crippen LogP contribution in [0.1, 0.15) is 17.2 Å². The van der Waals surface area contributed by atoms with Gasteiger partial charge in [-0.05, 0) is 30.8 Å². The van der Waals surface area contributed by atoms with E-state index in [1.807, 2.05) is 0 Å². The van der Waals surface area contributed by atoms with Crippen molar-refractivity contribution in [2.24, 2.45) is 0 Å². The molecule has 0 spiro atoms. The maximum atomic E-state index is 13.8. The average Bonchev–Trinajstić information content (AvgIpc) is 2.37. The first kappa shape index (κ1) is 13.9. The second-order valence-corrected chi connectivity index (χ2v) is 4.47. The van der Waals surface area contributed by atoms with Crippen molar-refractivity contribution in [1.29, 1.82) is 0 Å². The second-order valence-electron chi connectivity index (χ2n) is 4.06. The average molecular weight is 286 g/mol. The van der Waals surface area contributed by atoms with Gasteiger partial charge in [0.15, 0.2) is 0 Å². The van der Waals surface area contributed by atoms with Gasteiger partial charge in [0.05, 0.1) is 11.1 Å². The number of benzene rings is 2. The van der Waals surface area contributed by atoms with Gasteiger partial charge in [0.1, 0.15) is 17.5 Å². The zero-order chi connectivity index (χ0) is 14.0. The molecular weight excluding hydrogens is 275 g/mol. The van der Waals surface area contributed by atoms with Crippen LogP contribution in [-0.2, 0) is 0 Å². The molecule has 1 unspecified atom stereocenters. The summed E-state index contributed by atoms with van der Waals surface area (Å²) in [5, 5.41) is 2.86. The van der Waals surface area contributed by atoms with Gasteiger partial charge in [0, 0.05) is 11.6 Å². The lowest BCUT2D eigenvalue weighted by Crippen LogP contribution is -2.19. The number of nitrogens with one attached hydrogen (secondary N) is 1. The molecule has 0 aromatic heterocycles. The van der Waals surface area contributed by atoms with E-state index in [2.05, 4.69) is 5.32 Å². The normalized spacial score (nSPS) is 12.5. The van der Waals surface area contributed by atoms with Crippen molar-refractivity contribution in [3.8, 4) is 0 Å². The lowest BCUT2D eigenvalue weighted by Gasteiger charge is -2.18. The fraction of sp³-hybridized carbons (Fsp3) is 0.143. The summed E-state index contributed by atoms with van der Waals surface area (Å²) in [5.74, 6) is -1.85. The highest BCUT2D eigenvalue weighted by atomic mass is 35.5. The van der Waals surface area contributed by atoms with Crippen LogP contribution in [0.5, 0.6) is 0 Å². The summed E-state index contributed by atoms with van der Waals surface area (Å²) >= 11 is 5.71. The third kappa shape index (κ3) is 2.91. The van der Waals surface area contributed by atoms with Gasteiger partial charge < -0.3 is 5.32 Å². The summed E-state index contributed by atoms with van der Waals surface area (Å²) in [4.78, 5) is 0. The fourth-order valence-corrected chi connectivity index (χ4v) is 2.12. The summed E-state index contributed by atoms with van der Waals surface area (Å²) in [6, 6.07) is 6.94. The third-order valence-electron chi connectivity index (χ3n) is 2.84. The van der Waals surface area contributed by atoms with E-state index >= 15 is 0 Å². The first-order valence-corrected chi connectivity index (χ1v) is 5.98. The molecule has 0 amide bonds. The molecule has 1 N–H and O–H groups in total. The highest BCUT2D eigenvalue weighted by Crippen LogP contribution is 2.27. The van der Waals surface area contributed by atoms with Crippen molar-refractivity contribution in [2.45, 2.75) is 6.04 Å². The zero-order valence-electron chi connectivity index (χ0n) is 10.1. The number of halogens is 4. The van der Waals surface area contributed by atoms with Crippen molar-refractivity contribution in [2.75, 3.05) is 7.05 Å². The molecule has 0 fully saturated rings. The predicted octanol–water partition coefficient (Wildman–Crippen LogP) is 4.07. The SMILES string of the molecule is CNC(c1ccc(F)c(Cl)c1)c1ccc(F)cc1F. The van der Waals surface area contributed by atoms with Crippen LogP contribution in [-0.4, -0.2) is 7.05 Å². The molecule has 1 atom stereocenters. The molecule has 5 heteroatoms. The molecule has 0 aliphatic carbocycles. The number of hydrogen-bond acceptors (Lipinski definition) is 1. The minimum atomic E-state index is -0.667. The Morgan fingerprint density at radius 3 is 2.32 bits per heavy atom. The van der Waals surface area contributed by atoms with Gasteiger partial charge in [-0.2, -0.15) is 0 Å². The Kier molecular flexibility index (Phi) is 4.12. The van der Waals surface area contributed by atoms with E-state index in [1.165, 1.54) is 30.3 Å². The molecule has 2 aromatic rings. The van der Waals surface area contributed by atoms with Gasteiger partial charge in [0.25, 0.3) is 0 Å². The summed E-state index contributed by atoms with van der Waals surface area (Å²) in [7, 11) is 1.63. The Labute approximate surface area is 114 Å². The largest absolute Gasteiger partial charge is 0.309 e. The van der Waals surface area contributed by atoms with Crippen molar-refractivity contribution < 1.29 is 13.2 Å². The highest BCUT2D eigenvalue weighted by Gasteiger charge is 2.17. The van der Waals surface area contributed by atoms with E-state index in [4.69, 9.17) is 11.6 Å². The Morgan fingerprint density at radius 1 is 1.00 bits per heavy atom. The van der Waals surface area contributed by atoms with Gasteiger partial charge in [-0.25, -0.2) is 13.2 Å². The van der Waals surface area contributed by atoms with Gasteiger partial charge in [-0.15, -0.1) is 0 Å². The highest BCUT2D eigenvalue weighted by molar-refractivity contribution is 6.30. The Hall–Kier alpha value is -1.52. The summed E-state index contributed by atoms with van der Waals surface area (Å²) < 4.78 is 39.8. The van der Waals surface area contributed by atoms with Crippen molar-refractivity contribution in [3.63, 3.8) is 0 Å². The molecule has 1 nitrogen and oxygen atoms in total. The van der Waals surface area contributed by atoms with Gasteiger partial charge in [-0.1, -0.05) is 23.7 Å². The van der Waals surface area contributed by atoms with E-state index in [0.717, 1.165) is 6.07 Å². The smallest absolute Gasteiger partial charge is 0.141 e. The van der Waals surface area contributed by atoms with E-state index in [1.54, 1.807) is 7.05 Å².